The Kier molecular flexibility index (Phi) is 8.44. The van der Waals surface area contributed by atoms with Crippen molar-refractivity contribution in [3.05, 3.63) is 102 Å². The fourth-order valence-electron chi connectivity index (χ4n) is 7.08. The monoisotopic (exact) mass is 686 g/mol. The van der Waals surface area contributed by atoms with Crippen LogP contribution in [0.2, 0.25) is 0 Å². The Morgan fingerprint density at radius 2 is 1.75 bits per heavy atom. The molecule has 14 nitrogen and oxygen atoms in total. The van der Waals surface area contributed by atoms with Gasteiger partial charge >= 0.3 is 6.03 Å². The summed E-state index contributed by atoms with van der Waals surface area (Å²) in [6.07, 6.45) is 3.72. The predicted molar refractivity (Wildman–Crippen MR) is 192 cm³/mol. The number of imide groups is 1. The van der Waals surface area contributed by atoms with Crippen LogP contribution in [-0.2, 0) is 17.9 Å². The molecule has 3 N–H and O–H groups in total. The van der Waals surface area contributed by atoms with Crippen molar-refractivity contribution in [3.63, 3.8) is 0 Å². The van der Waals surface area contributed by atoms with E-state index in [9.17, 15) is 19.2 Å². The molecule has 0 aliphatic carbocycles. The number of carbonyl (C=O) groups excluding carboxylic acids is 4. The summed E-state index contributed by atoms with van der Waals surface area (Å²) in [7, 11) is 0. The third kappa shape index (κ3) is 6.53. The van der Waals surface area contributed by atoms with E-state index >= 15 is 0 Å². The lowest BCUT2D eigenvalue weighted by atomic mass is 10.1. The van der Waals surface area contributed by atoms with Crippen LogP contribution >= 0.6 is 0 Å². The molecule has 2 saturated heterocycles. The fraction of sp³-hybridized carbons (Fsp3) is 0.297. The van der Waals surface area contributed by atoms with Crippen LogP contribution in [0.15, 0.2) is 79.1 Å². The van der Waals surface area contributed by atoms with Gasteiger partial charge in [-0.25, -0.2) is 9.78 Å². The molecule has 1 atom stereocenters. The molecule has 0 radical (unpaired) electrons. The molecular formula is C37H38N10O4. The molecule has 0 bridgehead atoms. The maximum absolute atomic E-state index is 13.1. The number of amides is 5. The first-order chi connectivity index (χ1) is 24.8. The van der Waals surface area contributed by atoms with Crippen LogP contribution in [0.1, 0.15) is 51.5 Å². The lowest BCUT2D eigenvalue weighted by Gasteiger charge is -2.37. The number of aromatic nitrogens is 4. The molecule has 0 spiro atoms. The second-order valence-corrected chi connectivity index (χ2v) is 13.3. The Hall–Kier alpha value is -6.02. The third-order valence-electron chi connectivity index (χ3n) is 9.79. The van der Waals surface area contributed by atoms with Crippen LogP contribution < -0.4 is 25.8 Å². The summed E-state index contributed by atoms with van der Waals surface area (Å²) in [5, 5.41) is 13.5. The average molecular weight is 687 g/mol. The SMILES string of the molecule is C[C@@H]1CNC(=O)c2cc3ccc(C(=O)Nc4cnn(Cc5ccc(N6CCN(Cc7ccccc7N7CCC(=O)NC7=O)CC6)cc5)c4)nc3n21. The number of nitrogens with zero attached hydrogens (tertiary/aromatic N) is 7. The van der Waals surface area contributed by atoms with Gasteiger partial charge < -0.3 is 20.1 Å². The van der Waals surface area contributed by atoms with Crippen molar-refractivity contribution in [3.8, 4) is 0 Å². The molecule has 3 aliphatic heterocycles. The van der Waals surface area contributed by atoms with Crippen LogP contribution in [0.5, 0.6) is 0 Å². The number of para-hydroxylation sites is 1. The first-order valence-corrected chi connectivity index (χ1v) is 17.2. The molecule has 260 valence electrons. The van der Waals surface area contributed by atoms with Gasteiger partial charge in [0.05, 0.1) is 24.5 Å². The first-order valence-electron chi connectivity index (χ1n) is 17.2. The summed E-state index contributed by atoms with van der Waals surface area (Å²) >= 11 is 0. The third-order valence-corrected chi connectivity index (χ3v) is 9.79. The topological polar surface area (TPSA) is 150 Å². The van der Waals surface area contributed by atoms with E-state index in [2.05, 4.69) is 66.2 Å². The largest absolute Gasteiger partial charge is 0.369 e. The van der Waals surface area contributed by atoms with Gasteiger partial charge in [-0.15, -0.1) is 0 Å². The summed E-state index contributed by atoms with van der Waals surface area (Å²) in [6.45, 7) is 7.72. The number of hydrogen-bond acceptors (Lipinski definition) is 8. The summed E-state index contributed by atoms with van der Waals surface area (Å²) in [4.78, 5) is 60.6. The van der Waals surface area contributed by atoms with Crippen molar-refractivity contribution in [1.29, 1.82) is 0 Å². The lowest BCUT2D eigenvalue weighted by molar-refractivity contribution is -0.120. The van der Waals surface area contributed by atoms with Crippen molar-refractivity contribution in [2.75, 3.05) is 54.4 Å². The van der Waals surface area contributed by atoms with Crippen LogP contribution in [0.4, 0.5) is 21.9 Å². The molecule has 51 heavy (non-hydrogen) atoms. The number of anilines is 3. The number of benzene rings is 2. The maximum Gasteiger partial charge on any atom is 0.328 e. The molecule has 0 unspecified atom stereocenters. The van der Waals surface area contributed by atoms with E-state index in [1.165, 1.54) is 0 Å². The number of fused-ring (bicyclic) bond motifs is 3. The van der Waals surface area contributed by atoms with Gasteiger partial charge in [0.2, 0.25) is 5.91 Å². The summed E-state index contributed by atoms with van der Waals surface area (Å²) in [5.74, 6) is -0.719. The zero-order valence-electron chi connectivity index (χ0n) is 28.2. The Labute approximate surface area is 294 Å². The number of pyridine rings is 1. The van der Waals surface area contributed by atoms with E-state index in [-0.39, 0.29) is 35.5 Å². The zero-order valence-corrected chi connectivity index (χ0v) is 28.2. The van der Waals surface area contributed by atoms with E-state index in [4.69, 9.17) is 0 Å². The van der Waals surface area contributed by atoms with E-state index in [0.29, 0.717) is 43.1 Å². The molecule has 8 rings (SSSR count). The fourth-order valence-corrected chi connectivity index (χ4v) is 7.08. The van der Waals surface area contributed by atoms with Gasteiger partial charge in [0.15, 0.2) is 0 Å². The number of piperazine rings is 1. The molecular weight excluding hydrogens is 648 g/mol. The molecule has 5 amide bonds. The minimum absolute atomic E-state index is 0.0332. The van der Waals surface area contributed by atoms with Gasteiger partial charge in [-0.1, -0.05) is 30.3 Å². The number of nitrogens with one attached hydrogen (secondary N) is 3. The Morgan fingerprint density at radius 3 is 2.55 bits per heavy atom. The number of urea groups is 1. The first kappa shape index (κ1) is 32.2. The molecule has 3 aliphatic rings. The van der Waals surface area contributed by atoms with E-state index in [1.807, 2.05) is 35.8 Å². The van der Waals surface area contributed by atoms with E-state index in [1.54, 1.807) is 34.1 Å². The minimum Gasteiger partial charge on any atom is -0.369 e. The molecule has 2 fully saturated rings. The van der Waals surface area contributed by atoms with Crippen molar-refractivity contribution < 1.29 is 19.2 Å². The maximum atomic E-state index is 13.1. The minimum atomic E-state index is -0.363. The second kappa shape index (κ2) is 13.4. The summed E-state index contributed by atoms with van der Waals surface area (Å²) in [5.41, 5.74) is 6.16. The van der Waals surface area contributed by atoms with Crippen molar-refractivity contribution in [2.45, 2.75) is 32.5 Å². The standard InChI is InChI=1S/C37H38N10O4/c1-24-19-38-36(50)32-18-26-8-11-30(41-34(26)47(24)32)35(49)40-28-20-39-45(23-28)21-25-6-9-29(10-7-25)44-16-14-43(15-17-44)22-27-4-2-3-5-31(27)46-13-12-33(48)42-37(46)51/h2-11,18,20,23-24H,12-17,19,21-22H2,1H3,(H,38,50)(H,40,49)(H,42,48,51)/t24-/m1/s1. The molecule has 0 saturated carbocycles. The lowest BCUT2D eigenvalue weighted by Crippen LogP contribution is -2.50. The average Bonchev–Trinajstić information content (AvgIpc) is 3.75. The molecule has 6 heterocycles. The van der Waals surface area contributed by atoms with E-state index < -0.39 is 0 Å². The Morgan fingerprint density at radius 1 is 0.941 bits per heavy atom. The van der Waals surface area contributed by atoms with Gasteiger partial charge in [-0.2, -0.15) is 5.10 Å². The molecule has 2 aromatic carbocycles. The van der Waals surface area contributed by atoms with Gasteiger partial charge in [-0.05, 0) is 54.4 Å². The zero-order chi connectivity index (χ0) is 35.1. The molecule has 5 aromatic rings. The van der Waals surface area contributed by atoms with Crippen LogP contribution in [-0.4, -0.2) is 87.3 Å². The Balaban J connectivity index is 0.850. The number of hydrogen-bond donors (Lipinski definition) is 3. The van der Waals surface area contributed by atoms with Gasteiger partial charge in [0.25, 0.3) is 11.8 Å². The highest BCUT2D eigenvalue weighted by atomic mass is 16.2. The highest BCUT2D eigenvalue weighted by Crippen LogP contribution is 2.27. The summed E-state index contributed by atoms with van der Waals surface area (Å²) < 4.78 is 3.67. The van der Waals surface area contributed by atoms with Gasteiger partial charge in [0, 0.05) is 75.2 Å². The number of carbonyl (C=O) groups is 4. The highest BCUT2D eigenvalue weighted by Gasteiger charge is 2.28. The van der Waals surface area contributed by atoms with Crippen molar-refractivity contribution in [1.82, 2.24) is 34.9 Å². The van der Waals surface area contributed by atoms with E-state index in [0.717, 1.165) is 60.6 Å². The quantitative estimate of drug-likeness (QED) is 0.224. The highest BCUT2D eigenvalue weighted by molar-refractivity contribution is 6.06. The van der Waals surface area contributed by atoms with Crippen LogP contribution in [0, 0.1) is 0 Å². The smallest absolute Gasteiger partial charge is 0.328 e. The van der Waals surface area contributed by atoms with Gasteiger partial charge in [0.1, 0.15) is 17.0 Å². The normalized spacial score (nSPS) is 18.1. The second-order valence-electron chi connectivity index (χ2n) is 13.3. The van der Waals surface area contributed by atoms with Gasteiger partial charge in [-0.3, -0.25) is 34.2 Å². The molecule has 3 aromatic heterocycles. The summed E-state index contributed by atoms with van der Waals surface area (Å²) in [6, 6.07) is 21.3. The van der Waals surface area contributed by atoms with Crippen LogP contribution in [0.25, 0.3) is 11.0 Å². The van der Waals surface area contributed by atoms with Crippen molar-refractivity contribution in [2.24, 2.45) is 0 Å². The number of rotatable bonds is 8. The molecule has 14 heteroatoms. The van der Waals surface area contributed by atoms with Crippen LogP contribution in [0.3, 0.4) is 0 Å². The predicted octanol–water partition coefficient (Wildman–Crippen LogP) is 3.61. The van der Waals surface area contributed by atoms with Crippen molar-refractivity contribution >= 4 is 51.8 Å². The Bertz CT molecular complexity index is 2150.